The summed E-state index contributed by atoms with van der Waals surface area (Å²) in [5, 5.41) is 10.9. The van der Waals surface area contributed by atoms with Crippen molar-refractivity contribution in [3.63, 3.8) is 0 Å². The molecule has 0 saturated carbocycles. The molecule has 1 saturated heterocycles. The molecule has 1 unspecified atom stereocenters. The zero-order valence-corrected chi connectivity index (χ0v) is 15.3. The Kier molecular flexibility index (Phi) is 6.28. The minimum atomic E-state index is -4.10. The van der Waals surface area contributed by atoms with Crippen LogP contribution in [0.2, 0.25) is 10.0 Å². The maximum Gasteiger partial charge on any atom is 0.292 e. The van der Waals surface area contributed by atoms with Crippen molar-refractivity contribution in [2.24, 2.45) is 11.1 Å². The molecule has 11 heteroatoms. The van der Waals surface area contributed by atoms with Crippen LogP contribution in [0.3, 0.4) is 0 Å². The molecule has 1 heterocycles. The maximum absolute atomic E-state index is 12.7. The zero-order valence-electron chi connectivity index (χ0n) is 12.2. The van der Waals surface area contributed by atoms with E-state index in [1.807, 2.05) is 6.92 Å². The van der Waals surface area contributed by atoms with Gasteiger partial charge in [0.05, 0.1) is 9.95 Å². The van der Waals surface area contributed by atoms with Crippen molar-refractivity contribution in [1.29, 1.82) is 0 Å². The van der Waals surface area contributed by atoms with Crippen molar-refractivity contribution in [1.82, 2.24) is 4.31 Å². The minimum Gasteiger partial charge on any atom is -0.330 e. The van der Waals surface area contributed by atoms with Gasteiger partial charge < -0.3 is 5.73 Å². The molecule has 0 aliphatic carbocycles. The number of benzene rings is 1. The summed E-state index contributed by atoms with van der Waals surface area (Å²) in [6, 6.07) is 2.17. The number of hydrogen-bond acceptors (Lipinski definition) is 5. The third kappa shape index (κ3) is 3.89. The van der Waals surface area contributed by atoms with Crippen LogP contribution in [0.25, 0.3) is 0 Å². The summed E-state index contributed by atoms with van der Waals surface area (Å²) < 4.78 is 26.7. The molecule has 0 bridgehead atoms. The smallest absolute Gasteiger partial charge is 0.292 e. The Balaban J connectivity index is 0.00000264. The molecule has 2 rings (SSSR count). The molecule has 130 valence electrons. The second-order valence-corrected chi connectivity index (χ2v) is 8.31. The SMILES string of the molecule is CC1(CN)CCN(S(=O)(=O)c2c(Cl)cc(Cl)cc2[N+](=O)[O-])C1.Cl. The Bertz CT molecular complexity index is 729. The topological polar surface area (TPSA) is 107 Å². The first kappa shape index (κ1) is 20.4. The molecule has 0 spiro atoms. The zero-order chi connectivity index (χ0) is 16.7. The quantitative estimate of drug-likeness (QED) is 0.613. The largest absolute Gasteiger partial charge is 0.330 e. The standard InChI is InChI=1S/C12H15Cl2N3O4S.ClH/c1-12(6-15)2-3-16(7-12)22(20,21)11-9(14)4-8(13)5-10(11)17(18)19;/h4-5H,2-3,6-7,15H2,1H3;1H. The van der Waals surface area contributed by atoms with Crippen LogP contribution in [0.1, 0.15) is 13.3 Å². The molecule has 2 N–H and O–H groups in total. The van der Waals surface area contributed by atoms with Gasteiger partial charge in [-0.1, -0.05) is 30.1 Å². The molecule has 1 aromatic rings. The first-order valence-electron chi connectivity index (χ1n) is 6.44. The van der Waals surface area contributed by atoms with Gasteiger partial charge in [-0.2, -0.15) is 4.31 Å². The highest BCUT2D eigenvalue weighted by Crippen LogP contribution is 2.39. The lowest BCUT2D eigenvalue weighted by Crippen LogP contribution is -2.34. The van der Waals surface area contributed by atoms with Crippen LogP contribution in [0.15, 0.2) is 17.0 Å². The van der Waals surface area contributed by atoms with Gasteiger partial charge in [0.2, 0.25) is 0 Å². The van der Waals surface area contributed by atoms with E-state index in [-0.39, 0.29) is 41.0 Å². The van der Waals surface area contributed by atoms with E-state index in [0.29, 0.717) is 13.0 Å². The van der Waals surface area contributed by atoms with E-state index in [4.69, 9.17) is 28.9 Å². The Morgan fingerprint density at radius 2 is 2.04 bits per heavy atom. The predicted octanol–water partition coefficient (Wildman–Crippen LogP) is 2.68. The summed E-state index contributed by atoms with van der Waals surface area (Å²) in [5.41, 5.74) is 4.69. The fraction of sp³-hybridized carbons (Fsp3) is 0.500. The first-order valence-corrected chi connectivity index (χ1v) is 8.64. The van der Waals surface area contributed by atoms with Gasteiger partial charge in [0.25, 0.3) is 15.7 Å². The van der Waals surface area contributed by atoms with Crippen molar-refractivity contribution in [3.05, 3.63) is 32.3 Å². The molecule has 1 aromatic carbocycles. The highest BCUT2D eigenvalue weighted by atomic mass is 35.5. The van der Waals surface area contributed by atoms with E-state index >= 15 is 0 Å². The Labute approximate surface area is 150 Å². The molecular formula is C12H16Cl3N3O4S. The van der Waals surface area contributed by atoms with Gasteiger partial charge >= 0.3 is 0 Å². The van der Waals surface area contributed by atoms with Crippen LogP contribution in [-0.2, 0) is 10.0 Å². The summed E-state index contributed by atoms with van der Waals surface area (Å²) in [4.78, 5) is 9.83. The van der Waals surface area contributed by atoms with E-state index in [2.05, 4.69) is 0 Å². The van der Waals surface area contributed by atoms with Crippen LogP contribution in [0.5, 0.6) is 0 Å². The Hall–Kier alpha value is -0.640. The van der Waals surface area contributed by atoms with Crippen LogP contribution >= 0.6 is 35.6 Å². The van der Waals surface area contributed by atoms with Gasteiger partial charge in [0, 0.05) is 24.2 Å². The number of nitrogens with two attached hydrogens (primary N) is 1. The number of nitro groups is 1. The lowest BCUT2D eigenvalue weighted by Gasteiger charge is -2.22. The Morgan fingerprint density at radius 3 is 2.52 bits per heavy atom. The number of rotatable bonds is 4. The van der Waals surface area contributed by atoms with E-state index < -0.39 is 25.5 Å². The second kappa shape index (κ2) is 7.08. The average Bonchev–Trinajstić information content (AvgIpc) is 2.81. The summed E-state index contributed by atoms with van der Waals surface area (Å²) >= 11 is 11.7. The molecule has 23 heavy (non-hydrogen) atoms. The molecular weight excluding hydrogens is 389 g/mol. The number of nitrogens with zero attached hydrogens (tertiary/aromatic N) is 2. The molecule has 0 aromatic heterocycles. The van der Waals surface area contributed by atoms with Crippen molar-refractivity contribution in [3.8, 4) is 0 Å². The minimum absolute atomic E-state index is 0. The van der Waals surface area contributed by atoms with Crippen molar-refractivity contribution in [2.75, 3.05) is 19.6 Å². The van der Waals surface area contributed by atoms with Crippen molar-refractivity contribution >= 4 is 51.3 Å². The highest BCUT2D eigenvalue weighted by molar-refractivity contribution is 7.89. The molecule has 1 atom stereocenters. The average molecular weight is 405 g/mol. The number of hydrogen-bond donors (Lipinski definition) is 1. The summed E-state index contributed by atoms with van der Waals surface area (Å²) in [5.74, 6) is 0. The van der Waals surface area contributed by atoms with E-state index in [0.717, 1.165) is 6.07 Å². The summed E-state index contributed by atoms with van der Waals surface area (Å²) in [7, 11) is -4.10. The predicted molar refractivity (Wildman–Crippen MR) is 90.9 cm³/mol. The van der Waals surface area contributed by atoms with Crippen LogP contribution in [0, 0.1) is 15.5 Å². The van der Waals surface area contributed by atoms with Crippen LogP contribution < -0.4 is 5.73 Å². The third-order valence-electron chi connectivity index (χ3n) is 3.80. The van der Waals surface area contributed by atoms with Gasteiger partial charge in [-0.05, 0) is 24.4 Å². The van der Waals surface area contributed by atoms with E-state index in [1.54, 1.807) is 0 Å². The van der Waals surface area contributed by atoms with Gasteiger partial charge in [-0.25, -0.2) is 8.42 Å². The van der Waals surface area contributed by atoms with Gasteiger partial charge in [0.15, 0.2) is 4.90 Å². The van der Waals surface area contributed by atoms with Gasteiger partial charge in [-0.15, -0.1) is 12.4 Å². The van der Waals surface area contributed by atoms with E-state index in [9.17, 15) is 18.5 Å². The fourth-order valence-electron chi connectivity index (χ4n) is 2.42. The Morgan fingerprint density at radius 1 is 1.43 bits per heavy atom. The first-order chi connectivity index (χ1) is 10.1. The lowest BCUT2D eigenvalue weighted by atomic mass is 9.90. The van der Waals surface area contributed by atoms with Crippen LogP contribution in [-0.4, -0.2) is 37.3 Å². The molecule has 7 nitrogen and oxygen atoms in total. The molecule has 0 amide bonds. The van der Waals surface area contributed by atoms with Crippen LogP contribution in [0.4, 0.5) is 5.69 Å². The molecule has 0 radical (unpaired) electrons. The van der Waals surface area contributed by atoms with Gasteiger partial charge in [0.1, 0.15) is 0 Å². The molecule has 1 aliphatic heterocycles. The monoisotopic (exact) mass is 403 g/mol. The number of nitro benzene ring substituents is 1. The van der Waals surface area contributed by atoms with Crippen molar-refractivity contribution < 1.29 is 13.3 Å². The fourth-order valence-corrected chi connectivity index (χ4v) is 4.97. The highest BCUT2D eigenvalue weighted by Gasteiger charge is 2.42. The summed E-state index contributed by atoms with van der Waals surface area (Å²) in [6.07, 6.45) is 0.585. The van der Waals surface area contributed by atoms with E-state index in [1.165, 1.54) is 10.4 Å². The second-order valence-electron chi connectivity index (χ2n) is 5.60. The maximum atomic E-state index is 12.7. The summed E-state index contributed by atoms with van der Waals surface area (Å²) in [6.45, 7) is 2.64. The lowest BCUT2D eigenvalue weighted by molar-refractivity contribution is -0.387. The van der Waals surface area contributed by atoms with Gasteiger partial charge in [-0.3, -0.25) is 10.1 Å². The third-order valence-corrected chi connectivity index (χ3v) is 6.36. The normalized spacial score (nSPS) is 21.9. The molecule has 1 fully saturated rings. The number of sulfonamides is 1. The molecule has 1 aliphatic rings. The van der Waals surface area contributed by atoms with Crippen molar-refractivity contribution in [2.45, 2.75) is 18.2 Å². The number of halogens is 3.